The van der Waals surface area contributed by atoms with Crippen LogP contribution in [-0.4, -0.2) is 0 Å². The minimum Gasteiger partial charge on any atom is -0.0732 e. The van der Waals surface area contributed by atoms with Crippen molar-refractivity contribution in [3.8, 4) is 0 Å². The van der Waals surface area contributed by atoms with Crippen molar-refractivity contribution in [3.63, 3.8) is 0 Å². The molecule has 0 radical (unpaired) electrons. The fraction of sp³-hybridized carbons (Fsp3) is 0.429. The van der Waals surface area contributed by atoms with E-state index < -0.39 is 0 Å². The summed E-state index contributed by atoms with van der Waals surface area (Å²) in [5, 5.41) is 0. The van der Waals surface area contributed by atoms with E-state index in [4.69, 9.17) is 0 Å². The minimum absolute atomic E-state index is 0.600. The van der Waals surface area contributed by atoms with Gasteiger partial charge in [0.25, 0.3) is 0 Å². The van der Waals surface area contributed by atoms with Gasteiger partial charge in [0.1, 0.15) is 0 Å². The smallest absolute Gasteiger partial charge is 0.00303 e. The van der Waals surface area contributed by atoms with Gasteiger partial charge >= 0.3 is 0 Å². The van der Waals surface area contributed by atoms with Gasteiger partial charge in [-0.2, -0.15) is 0 Å². The van der Waals surface area contributed by atoms with Crippen LogP contribution in [0.3, 0.4) is 0 Å². The molecule has 0 amide bonds. The standard InChI is InChI=1S/C28H34/c1-3-5-11-21-19-23(27-15-9-7-13-25(21)27)17-18-24-20-22(12-6-4-2)26-14-8-10-16-28(24)26/h7-10,13-16,19-20,23-24H,3-6,11-12,17-18H2,1-2H3. The number of allylic oxidation sites excluding steroid dienone is 4. The van der Waals surface area contributed by atoms with Crippen LogP contribution in [0, 0.1) is 0 Å². The van der Waals surface area contributed by atoms with Gasteiger partial charge in [0.05, 0.1) is 0 Å². The van der Waals surface area contributed by atoms with E-state index in [0.717, 1.165) is 0 Å². The summed E-state index contributed by atoms with van der Waals surface area (Å²) in [5.41, 5.74) is 9.35. The van der Waals surface area contributed by atoms with Gasteiger partial charge < -0.3 is 0 Å². The number of hydrogen-bond acceptors (Lipinski definition) is 0. The normalized spacial score (nSPS) is 19.9. The lowest BCUT2D eigenvalue weighted by Crippen LogP contribution is -1.98. The second-order valence-electron chi connectivity index (χ2n) is 8.56. The largest absolute Gasteiger partial charge is 0.0732 e. The second kappa shape index (κ2) is 8.95. The molecule has 2 aromatic rings. The maximum absolute atomic E-state index is 2.59. The summed E-state index contributed by atoms with van der Waals surface area (Å²) in [5.74, 6) is 1.20. The molecule has 2 unspecified atom stereocenters. The lowest BCUT2D eigenvalue weighted by Gasteiger charge is -2.15. The first-order chi connectivity index (χ1) is 13.8. The molecule has 4 rings (SSSR count). The molecule has 0 aromatic heterocycles. The van der Waals surface area contributed by atoms with Gasteiger partial charge in [0.2, 0.25) is 0 Å². The van der Waals surface area contributed by atoms with E-state index in [1.165, 1.54) is 62.5 Å². The molecule has 0 aliphatic heterocycles. The summed E-state index contributed by atoms with van der Waals surface area (Å²) >= 11 is 0. The molecule has 0 saturated heterocycles. The highest BCUT2D eigenvalue weighted by molar-refractivity contribution is 5.76. The van der Waals surface area contributed by atoms with Crippen molar-refractivity contribution in [2.75, 3.05) is 0 Å². The van der Waals surface area contributed by atoms with E-state index in [9.17, 15) is 0 Å². The second-order valence-corrected chi connectivity index (χ2v) is 8.56. The van der Waals surface area contributed by atoms with Gasteiger partial charge in [-0.05, 0) is 71.9 Å². The Morgan fingerprint density at radius 3 is 1.46 bits per heavy atom. The van der Waals surface area contributed by atoms with E-state index in [-0.39, 0.29) is 0 Å². The van der Waals surface area contributed by atoms with Crippen molar-refractivity contribution >= 4 is 11.1 Å². The van der Waals surface area contributed by atoms with Gasteiger partial charge in [-0.1, -0.05) is 87.4 Å². The molecule has 28 heavy (non-hydrogen) atoms. The van der Waals surface area contributed by atoms with Crippen molar-refractivity contribution in [1.82, 2.24) is 0 Å². The minimum atomic E-state index is 0.600. The topological polar surface area (TPSA) is 0 Å². The predicted octanol–water partition coefficient (Wildman–Crippen LogP) is 8.51. The predicted molar refractivity (Wildman–Crippen MR) is 123 cm³/mol. The van der Waals surface area contributed by atoms with Crippen LogP contribution in [0.4, 0.5) is 0 Å². The number of fused-ring (bicyclic) bond motifs is 2. The average molecular weight is 371 g/mol. The lowest BCUT2D eigenvalue weighted by molar-refractivity contribution is 0.641. The first-order valence-electron chi connectivity index (χ1n) is 11.4. The summed E-state index contributed by atoms with van der Waals surface area (Å²) in [4.78, 5) is 0. The van der Waals surface area contributed by atoms with Crippen LogP contribution in [0.1, 0.15) is 99.3 Å². The lowest BCUT2D eigenvalue weighted by atomic mass is 9.89. The van der Waals surface area contributed by atoms with E-state index in [2.05, 4.69) is 74.5 Å². The first kappa shape index (κ1) is 19.2. The molecule has 0 N–H and O–H groups in total. The number of hydrogen-bond donors (Lipinski definition) is 0. The number of unbranched alkanes of at least 4 members (excludes halogenated alkanes) is 2. The Labute approximate surface area is 171 Å². The van der Waals surface area contributed by atoms with E-state index in [1.807, 2.05) is 0 Å². The van der Waals surface area contributed by atoms with E-state index >= 15 is 0 Å². The van der Waals surface area contributed by atoms with Crippen molar-refractivity contribution < 1.29 is 0 Å². The van der Waals surface area contributed by atoms with Gasteiger partial charge in [0.15, 0.2) is 0 Å². The zero-order chi connectivity index (χ0) is 19.3. The molecule has 2 aromatic carbocycles. The Balaban J connectivity index is 1.50. The molecule has 0 nitrogen and oxygen atoms in total. The molecule has 0 saturated carbocycles. The maximum Gasteiger partial charge on any atom is 0.00303 e. The molecular formula is C28H34. The molecule has 2 aliphatic carbocycles. The number of benzene rings is 2. The zero-order valence-corrected chi connectivity index (χ0v) is 17.6. The number of rotatable bonds is 9. The molecule has 0 bridgehead atoms. The molecule has 0 fully saturated rings. The van der Waals surface area contributed by atoms with Crippen LogP contribution in [0.5, 0.6) is 0 Å². The Morgan fingerprint density at radius 2 is 1.04 bits per heavy atom. The average Bonchev–Trinajstić information content (AvgIpc) is 3.27. The van der Waals surface area contributed by atoms with Gasteiger partial charge in [0, 0.05) is 11.8 Å². The SMILES string of the molecule is CCCCC1=CC(CCC2C=C(CCCC)c3ccccc32)c2ccccc21. The van der Waals surface area contributed by atoms with Crippen LogP contribution in [0.2, 0.25) is 0 Å². The molecule has 0 heterocycles. The molecular weight excluding hydrogens is 336 g/mol. The molecule has 0 heteroatoms. The highest BCUT2D eigenvalue weighted by Crippen LogP contribution is 2.45. The van der Waals surface area contributed by atoms with Crippen LogP contribution in [-0.2, 0) is 0 Å². The molecule has 146 valence electrons. The maximum atomic E-state index is 2.59. The summed E-state index contributed by atoms with van der Waals surface area (Å²) in [6.07, 6.45) is 15.3. The Hall–Kier alpha value is -2.08. The van der Waals surface area contributed by atoms with Crippen molar-refractivity contribution in [3.05, 3.63) is 82.9 Å². The quantitative estimate of drug-likeness (QED) is 0.415. The third kappa shape index (κ3) is 3.88. The van der Waals surface area contributed by atoms with Gasteiger partial charge in [-0.25, -0.2) is 0 Å². The van der Waals surface area contributed by atoms with Crippen LogP contribution >= 0.6 is 0 Å². The van der Waals surface area contributed by atoms with Gasteiger partial charge in [-0.3, -0.25) is 0 Å². The Kier molecular flexibility index (Phi) is 6.15. The third-order valence-electron chi connectivity index (χ3n) is 6.61. The summed E-state index contributed by atoms with van der Waals surface area (Å²) in [6.45, 7) is 4.58. The van der Waals surface area contributed by atoms with Crippen LogP contribution in [0.15, 0.2) is 60.7 Å². The summed E-state index contributed by atoms with van der Waals surface area (Å²) < 4.78 is 0. The molecule has 2 atom stereocenters. The highest BCUT2D eigenvalue weighted by atomic mass is 14.3. The first-order valence-corrected chi connectivity index (χ1v) is 11.4. The summed E-state index contributed by atoms with van der Waals surface area (Å²) in [6, 6.07) is 18.2. The fourth-order valence-electron chi connectivity index (χ4n) is 5.08. The van der Waals surface area contributed by atoms with E-state index in [0.29, 0.717) is 11.8 Å². The zero-order valence-electron chi connectivity index (χ0n) is 17.6. The summed E-state index contributed by atoms with van der Waals surface area (Å²) in [7, 11) is 0. The Morgan fingerprint density at radius 1 is 0.607 bits per heavy atom. The monoisotopic (exact) mass is 370 g/mol. The van der Waals surface area contributed by atoms with E-state index in [1.54, 1.807) is 22.3 Å². The van der Waals surface area contributed by atoms with Crippen molar-refractivity contribution in [2.45, 2.75) is 77.0 Å². The van der Waals surface area contributed by atoms with Crippen molar-refractivity contribution in [1.29, 1.82) is 0 Å². The van der Waals surface area contributed by atoms with Crippen LogP contribution in [0.25, 0.3) is 11.1 Å². The third-order valence-corrected chi connectivity index (χ3v) is 6.61. The fourth-order valence-corrected chi connectivity index (χ4v) is 5.08. The molecule has 0 spiro atoms. The van der Waals surface area contributed by atoms with Crippen molar-refractivity contribution in [2.24, 2.45) is 0 Å². The Bertz CT molecular complexity index is 794. The molecule has 2 aliphatic rings. The van der Waals surface area contributed by atoms with Gasteiger partial charge in [-0.15, -0.1) is 0 Å². The highest BCUT2D eigenvalue weighted by Gasteiger charge is 2.26. The van der Waals surface area contributed by atoms with Crippen LogP contribution < -0.4 is 0 Å².